The number of methoxy groups -OCH3 is 2. The van der Waals surface area contributed by atoms with Crippen molar-refractivity contribution >= 4 is 5.91 Å². The fourth-order valence-corrected chi connectivity index (χ4v) is 3.30. The Balaban J connectivity index is 1.43. The van der Waals surface area contributed by atoms with E-state index in [0.29, 0.717) is 36.8 Å². The smallest absolute Gasteiger partial charge is 0.269 e. The number of nitrogens with one attached hydrogen (secondary N) is 2. The molecule has 0 saturated heterocycles. The second kappa shape index (κ2) is 7.64. The van der Waals surface area contributed by atoms with E-state index in [0.717, 1.165) is 28.1 Å². The molecule has 0 bridgehead atoms. The highest BCUT2D eigenvalue weighted by Gasteiger charge is 2.25. The number of hydrogen-bond acceptors (Lipinski definition) is 5. The van der Waals surface area contributed by atoms with Crippen LogP contribution < -0.4 is 19.5 Å². The van der Waals surface area contributed by atoms with Crippen LogP contribution in [0.1, 0.15) is 21.6 Å². The van der Waals surface area contributed by atoms with E-state index in [1.54, 1.807) is 14.2 Å². The van der Waals surface area contributed by atoms with Gasteiger partial charge in [-0.3, -0.25) is 9.89 Å². The number of nitrogens with zero attached hydrogens (tertiary/aromatic N) is 1. The molecule has 0 saturated carbocycles. The number of aromatic amines is 1. The summed E-state index contributed by atoms with van der Waals surface area (Å²) in [5, 5.41) is 10.1. The quantitative estimate of drug-likeness (QED) is 0.688. The Hall–Kier alpha value is -3.48. The largest absolute Gasteiger partial charge is 0.493 e. The van der Waals surface area contributed by atoms with Crippen molar-refractivity contribution in [3.05, 3.63) is 59.3 Å². The molecule has 0 atom stereocenters. The molecule has 0 unspecified atom stereocenters. The molecule has 1 aliphatic heterocycles. The van der Waals surface area contributed by atoms with Gasteiger partial charge in [0.25, 0.3) is 5.91 Å². The lowest BCUT2D eigenvalue weighted by molar-refractivity contribution is 0.0946. The number of para-hydroxylation sites is 1. The Morgan fingerprint density at radius 2 is 2.00 bits per heavy atom. The van der Waals surface area contributed by atoms with Crippen LogP contribution in [0.2, 0.25) is 0 Å². The van der Waals surface area contributed by atoms with Crippen LogP contribution >= 0.6 is 0 Å². The zero-order valence-electron chi connectivity index (χ0n) is 15.7. The third-order valence-corrected chi connectivity index (χ3v) is 4.76. The van der Waals surface area contributed by atoms with Crippen LogP contribution in [0.4, 0.5) is 0 Å². The Labute approximate surface area is 162 Å². The average Bonchev–Trinajstić information content (AvgIpc) is 3.18. The highest BCUT2D eigenvalue weighted by molar-refractivity contribution is 5.96. The molecular formula is C21H21N3O4. The van der Waals surface area contributed by atoms with E-state index in [1.165, 1.54) is 0 Å². The molecule has 2 aromatic carbocycles. The maximum Gasteiger partial charge on any atom is 0.269 e. The summed E-state index contributed by atoms with van der Waals surface area (Å²) >= 11 is 0. The van der Waals surface area contributed by atoms with Crippen LogP contribution in [-0.2, 0) is 13.0 Å². The minimum absolute atomic E-state index is 0.197. The van der Waals surface area contributed by atoms with Crippen molar-refractivity contribution in [2.75, 3.05) is 20.8 Å². The van der Waals surface area contributed by atoms with Gasteiger partial charge in [-0.25, -0.2) is 0 Å². The van der Waals surface area contributed by atoms with Gasteiger partial charge >= 0.3 is 0 Å². The molecule has 1 aromatic heterocycles. The monoisotopic (exact) mass is 379 g/mol. The third kappa shape index (κ3) is 3.26. The van der Waals surface area contributed by atoms with Gasteiger partial charge in [0.15, 0.2) is 11.5 Å². The molecule has 0 radical (unpaired) electrons. The van der Waals surface area contributed by atoms with Crippen LogP contribution in [0.25, 0.3) is 11.3 Å². The number of amides is 1. The number of ether oxygens (including phenoxy) is 3. The van der Waals surface area contributed by atoms with E-state index in [-0.39, 0.29) is 5.91 Å². The second-order valence-corrected chi connectivity index (χ2v) is 6.41. The molecule has 1 amide bonds. The van der Waals surface area contributed by atoms with Crippen molar-refractivity contribution in [1.29, 1.82) is 0 Å². The first kappa shape index (κ1) is 17.9. The van der Waals surface area contributed by atoms with E-state index in [1.807, 2.05) is 42.5 Å². The highest BCUT2D eigenvalue weighted by atomic mass is 16.5. The van der Waals surface area contributed by atoms with E-state index in [2.05, 4.69) is 15.5 Å². The van der Waals surface area contributed by atoms with E-state index < -0.39 is 0 Å². The molecule has 144 valence electrons. The SMILES string of the molecule is COc1ccc(CCNC(=O)c2[nH]nc3c2COc2ccccc2-3)cc1OC. The summed E-state index contributed by atoms with van der Waals surface area (Å²) < 4.78 is 16.3. The highest BCUT2D eigenvalue weighted by Crippen LogP contribution is 2.36. The minimum Gasteiger partial charge on any atom is -0.493 e. The van der Waals surface area contributed by atoms with Crippen LogP contribution in [0.3, 0.4) is 0 Å². The van der Waals surface area contributed by atoms with Crippen molar-refractivity contribution in [3.63, 3.8) is 0 Å². The number of aromatic nitrogens is 2. The van der Waals surface area contributed by atoms with Gasteiger partial charge in [-0.1, -0.05) is 18.2 Å². The molecule has 28 heavy (non-hydrogen) atoms. The van der Waals surface area contributed by atoms with Crippen LogP contribution in [0, 0.1) is 0 Å². The lowest BCUT2D eigenvalue weighted by atomic mass is 10.0. The molecular weight excluding hydrogens is 358 g/mol. The maximum atomic E-state index is 12.6. The van der Waals surface area contributed by atoms with E-state index in [4.69, 9.17) is 14.2 Å². The molecule has 3 aromatic rings. The number of rotatable bonds is 6. The summed E-state index contributed by atoms with van der Waals surface area (Å²) in [6.45, 7) is 0.806. The number of carbonyl (C=O) groups excluding carboxylic acids is 1. The Morgan fingerprint density at radius 1 is 1.18 bits per heavy atom. The lowest BCUT2D eigenvalue weighted by Crippen LogP contribution is -2.27. The van der Waals surface area contributed by atoms with Gasteiger partial charge in [0.05, 0.1) is 14.2 Å². The first-order chi connectivity index (χ1) is 13.7. The molecule has 0 fully saturated rings. The molecule has 7 nitrogen and oxygen atoms in total. The van der Waals surface area contributed by atoms with Crippen LogP contribution in [0.5, 0.6) is 17.2 Å². The summed E-state index contributed by atoms with van der Waals surface area (Å²) in [5.41, 5.74) is 3.93. The first-order valence-electron chi connectivity index (χ1n) is 8.99. The molecule has 4 rings (SSSR count). The number of hydrogen-bond donors (Lipinski definition) is 2. The summed E-state index contributed by atoms with van der Waals surface area (Å²) in [6.07, 6.45) is 0.668. The maximum absolute atomic E-state index is 12.6. The zero-order chi connectivity index (χ0) is 19.5. The van der Waals surface area contributed by atoms with Crippen LogP contribution in [0.15, 0.2) is 42.5 Å². The fraction of sp³-hybridized carbons (Fsp3) is 0.238. The molecule has 0 spiro atoms. The van der Waals surface area contributed by atoms with Crippen molar-refractivity contribution in [1.82, 2.24) is 15.5 Å². The fourth-order valence-electron chi connectivity index (χ4n) is 3.30. The summed E-state index contributed by atoms with van der Waals surface area (Å²) in [4.78, 5) is 12.6. The summed E-state index contributed by atoms with van der Waals surface area (Å²) in [7, 11) is 3.20. The Morgan fingerprint density at radius 3 is 2.82 bits per heavy atom. The van der Waals surface area contributed by atoms with Gasteiger partial charge < -0.3 is 19.5 Å². The molecule has 0 aliphatic carbocycles. The van der Waals surface area contributed by atoms with E-state index >= 15 is 0 Å². The Kier molecular flexibility index (Phi) is 4.89. The van der Waals surface area contributed by atoms with Crippen molar-refractivity contribution in [3.8, 4) is 28.5 Å². The van der Waals surface area contributed by atoms with Crippen LogP contribution in [-0.4, -0.2) is 36.9 Å². The summed E-state index contributed by atoms with van der Waals surface area (Å²) in [5.74, 6) is 1.93. The number of fused-ring (bicyclic) bond motifs is 3. The number of H-pyrrole nitrogens is 1. The van der Waals surface area contributed by atoms with Gasteiger partial charge in [-0.05, 0) is 36.2 Å². The van der Waals surface area contributed by atoms with Gasteiger partial charge in [0, 0.05) is 17.7 Å². The molecule has 7 heteroatoms. The topological polar surface area (TPSA) is 85.5 Å². The van der Waals surface area contributed by atoms with Crippen molar-refractivity contribution in [2.24, 2.45) is 0 Å². The van der Waals surface area contributed by atoms with Gasteiger partial charge in [0.2, 0.25) is 0 Å². The average molecular weight is 379 g/mol. The molecule has 2 heterocycles. The summed E-state index contributed by atoms with van der Waals surface area (Å²) in [6, 6.07) is 13.4. The van der Waals surface area contributed by atoms with Gasteiger partial charge in [0.1, 0.15) is 23.7 Å². The number of carbonyl (C=O) groups is 1. The van der Waals surface area contributed by atoms with Gasteiger partial charge in [-0.2, -0.15) is 5.10 Å². The van der Waals surface area contributed by atoms with E-state index in [9.17, 15) is 4.79 Å². The first-order valence-corrected chi connectivity index (χ1v) is 8.99. The number of benzene rings is 2. The third-order valence-electron chi connectivity index (χ3n) is 4.76. The van der Waals surface area contributed by atoms with Gasteiger partial charge in [-0.15, -0.1) is 0 Å². The standard InChI is InChI=1S/C21H21N3O4/c1-26-17-8-7-13(11-18(17)27-2)9-10-22-21(25)20-15-12-28-16-6-4-3-5-14(16)19(15)23-24-20/h3-8,11H,9-10,12H2,1-2H3,(H,22,25)(H,23,24). The second-order valence-electron chi connectivity index (χ2n) is 6.41. The zero-order valence-corrected chi connectivity index (χ0v) is 15.7. The van der Waals surface area contributed by atoms with Crippen molar-refractivity contribution < 1.29 is 19.0 Å². The minimum atomic E-state index is -0.197. The molecule has 1 aliphatic rings. The molecule has 2 N–H and O–H groups in total. The Bertz CT molecular complexity index is 1010. The predicted octanol–water partition coefficient (Wildman–Crippen LogP) is 2.96. The normalized spacial score (nSPS) is 11.8. The van der Waals surface area contributed by atoms with Crippen molar-refractivity contribution in [2.45, 2.75) is 13.0 Å². The predicted molar refractivity (Wildman–Crippen MR) is 104 cm³/mol. The lowest BCUT2D eigenvalue weighted by Gasteiger charge is -2.17.